The van der Waals surface area contributed by atoms with Crippen molar-refractivity contribution in [2.75, 3.05) is 5.43 Å². The van der Waals surface area contributed by atoms with Crippen LogP contribution in [0.1, 0.15) is 12.2 Å². The SMILES string of the molecule is O=C(CCc1ccco1)NNc1c(Cl)cc(Cl)cc1Cl. The van der Waals surface area contributed by atoms with Crippen molar-refractivity contribution in [3.63, 3.8) is 0 Å². The van der Waals surface area contributed by atoms with Gasteiger partial charge in [0, 0.05) is 17.9 Å². The van der Waals surface area contributed by atoms with Crippen LogP contribution in [-0.4, -0.2) is 5.91 Å². The van der Waals surface area contributed by atoms with E-state index in [1.807, 2.05) is 6.07 Å². The monoisotopic (exact) mass is 332 g/mol. The number of hydrogen-bond donors (Lipinski definition) is 2. The van der Waals surface area contributed by atoms with Gasteiger partial charge < -0.3 is 4.42 Å². The van der Waals surface area contributed by atoms with Gasteiger partial charge >= 0.3 is 0 Å². The van der Waals surface area contributed by atoms with Gasteiger partial charge in [0.25, 0.3) is 0 Å². The van der Waals surface area contributed by atoms with Crippen LogP contribution in [0, 0.1) is 0 Å². The van der Waals surface area contributed by atoms with Gasteiger partial charge in [-0.1, -0.05) is 34.8 Å². The molecule has 4 nitrogen and oxygen atoms in total. The number of aryl methyl sites for hydroxylation is 1. The number of hydrazine groups is 1. The average Bonchev–Trinajstić information content (AvgIpc) is 2.88. The zero-order chi connectivity index (χ0) is 14.5. The zero-order valence-electron chi connectivity index (χ0n) is 10.3. The molecule has 20 heavy (non-hydrogen) atoms. The molecule has 1 aromatic carbocycles. The Hall–Kier alpha value is -1.36. The van der Waals surface area contributed by atoms with E-state index < -0.39 is 0 Å². The van der Waals surface area contributed by atoms with Crippen molar-refractivity contribution in [2.24, 2.45) is 0 Å². The highest BCUT2D eigenvalue weighted by Crippen LogP contribution is 2.33. The number of benzene rings is 1. The molecule has 7 heteroatoms. The summed E-state index contributed by atoms with van der Waals surface area (Å²) in [5.41, 5.74) is 5.61. The predicted molar refractivity (Wildman–Crippen MR) is 80.3 cm³/mol. The van der Waals surface area contributed by atoms with Gasteiger partial charge in [-0.2, -0.15) is 0 Å². The molecule has 2 aromatic rings. The van der Waals surface area contributed by atoms with Crippen molar-refractivity contribution in [3.8, 4) is 0 Å². The van der Waals surface area contributed by atoms with Crippen molar-refractivity contribution >= 4 is 46.4 Å². The lowest BCUT2D eigenvalue weighted by molar-refractivity contribution is -0.120. The topological polar surface area (TPSA) is 54.3 Å². The molecule has 0 unspecified atom stereocenters. The van der Waals surface area contributed by atoms with Crippen LogP contribution in [0.2, 0.25) is 15.1 Å². The van der Waals surface area contributed by atoms with Gasteiger partial charge in [0.2, 0.25) is 5.91 Å². The molecule has 0 spiro atoms. The summed E-state index contributed by atoms with van der Waals surface area (Å²) in [6, 6.07) is 6.66. The summed E-state index contributed by atoms with van der Waals surface area (Å²) in [5, 5.41) is 1.08. The normalized spacial score (nSPS) is 10.3. The Morgan fingerprint density at radius 2 is 1.90 bits per heavy atom. The molecule has 0 aliphatic carbocycles. The number of hydrogen-bond acceptors (Lipinski definition) is 3. The van der Waals surface area contributed by atoms with Gasteiger partial charge in [-0.05, 0) is 24.3 Å². The van der Waals surface area contributed by atoms with E-state index in [1.165, 1.54) is 12.1 Å². The lowest BCUT2D eigenvalue weighted by atomic mass is 10.2. The van der Waals surface area contributed by atoms with Crippen LogP contribution >= 0.6 is 34.8 Å². The van der Waals surface area contributed by atoms with Crippen LogP contribution < -0.4 is 10.9 Å². The second-order valence-corrected chi connectivity index (χ2v) is 5.25. The highest BCUT2D eigenvalue weighted by molar-refractivity contribution is 6.41. The average molecular weight is 334 g/mol. The Bertz CT molecular complexity index is 577. The van der Waals surface area contributed by atoms with Crippen LogP contribution in [0.15, 0.2) is 34.9 Å². The molecule has 0 aliphatic heterocycles. The first-order valence-corrected chi connectivity index (χ1v) is 6.91. The number of carbonyl (C=O) groups is 1. The first-order chi connectivity index (χ1) is 9.56. The highest BCUT2D eigenvalue weighted by Gasteiger charge is 2.09. The molecule has 0 saturated carbocycles. The van der Waals surface area contributed by atoms with Gasteiger partial charge in [-0.15, -0.1) is 0 Å². The van der Waals surface area contributed by atoms with Crippen molar-refractivity contribution in [1.82, 2.24) is 5.43 Å². The predicted octanol–water partition coefficient (Wildman–Crippen LogP) is 4.32. The van der Waals surface area contributed by atoms with Gasteiger partial charge in [-0.25, -0.2) is 0 Å². The summed E-state index contributed by atoms with van der Waals surface area (Å²) in [4.78, 5) is 11.7. The van der Waals surface area contributed by atoms with E-state index in [2.05, 4.69) is 10.9 Å². The van der Waals surface area contributed by atoms with E-state index in [0.29, 0.717) is 27.2 Å². The maximum atomic E-state index is 11.7. The summed E-state index contributed by atoms with van der Waals surface area (Å²) in [6.07, 6.45) is 2.37. The van der Waals surface area contributed by atoms with Crippen molar-refractivity contribution in [3.05, 3.63) is 51.4 Å². The van der Waals surface area contributed by atoms with Crippen LogP contribution in [-0.2, 0) is 11.2 Å². The van der Waals surface area contributed by atoms with Crippen LogP contribution in [0.5, 0.6) is 0 Å². The maximum Gasteiger partial charge on any atom is 0.238 e. The molecular formula is C13H11Cl3N2O2. The Labute approximate surface area is 131 Å². The lowest BCUT2D eigenvalue weighted by Crippen LogP contribution is -2.29. The highest BCUT2D eigenvalue weighted by atomic mass is 35.5. The van der Waals surface area contributed by atoms with Crippen LogP contribution in [0.3, 0.4) is 0 Å². The zero-order valence-corrected chi connectivity index (χ0v) is 12.5. The number of carbonyl (C=O) groups excluding carboxylic acids is 1. The van der Waals surface area contributed by atoms with Crippen molar-refractivity contribution in [1.29, 1.82) is 0 Å². The Kier molecular flexibility index (Phi) is 5.17. The first-order valence-electron chi connectivity index (χ1n) is 5.78. The molecule has 0 atom stereocenters. The smallest absolute Gasteiger partial charge is 0.238 e. The summed E-state index contributed by atoms with van der Waals surface area (Å²) < 4.78 is 5.14. The number of nitrogens with one attached hydrogen (secondary N) is 2. The molecule has 2 N–H and O–H groups in total. The number of amides is 1. The molecule has 0 radical (unpaired) electrons. The fraction of sp³-hybridized carbons (Fsp3) is 0.154. The minimum atomic E-state index is -0.205. The molecule has 0 bridgehead atoms. The van der Waals surface area contributed by atoms with Gasteiger partial charge in [0.15, 0.2) is 0 Å². The maximum absolute atomic E-state index is 11.7. The number of furan rings is 1. The third-order valence-electron chi connectivity index (χ3n) is 2.51. The Balaban J connectivity index is 1.87. The molecule has 2 rings (SSSR count). The third-order valence-corrected chi connectivity index (χ3v) is 3.33. The van der Waals surface area contributed by atoms with Gasteiger partial charge in [0.1, 0.15) is 5.76 Å². The third kappa shape index (κ3) is 4.07. The lowest BCUT2D eigenvalue weighted by Gasteiger charge is -2.11. The summed E-state index contributed by atoms with van der Waals surface area (Å²) in [6.45, 7) is 0. The van der Waals surface area contributed by atoms with E-state index in [0.717, 1.165) is 5.76 Å². The van der Waals surface area contributed by atoms with Crippen molar-refractivity contribution < 1.29 is 9.21 Å². The standard InChI is InChI=1S/C13H11Cl3N2O2/c14-8-6-10(15)13(11(16)7-8)18-17-12(19)4-3-9-2-1-5-20-9/h1-2,5-7,18H,3-4H2,(H,17,19). The minimum Gasteiger partial charge on any atom is -0.469 e. The Morgan fingerprint density at radius 1 is 1.20 bits per heavy atom. The molecule has 0 saturated heterocycles. The molecule has 0 aliphatic rings. The second kappa shape index (κ2) is 6.88. The van der Waals surface area contributed by atoms with Crippen LogP contribution in [0.25, 0.3) is 0 Å². The molecule has 0 fully saturated rings. The molecule has 1 aromatic heterocycles. The second-order valence-electron chi connectivity index (χ2n) is 4.00. The minimum absolute atomic E-state index is 0.205. The number of halogens is 3. The Morgan fingerprint density at radius 3 is 2.50 bits per heavy atom. The molecule has 1 heterocycles. The van der Waals surface area contributed by atoms with E-state index in [1.54, 1.807) is 12.3 Å². The van der Waals surface area contributed by atoms with Crippen LogP contribution in [0.4, 0.5) is 5.69 Å². The molecule has 1 amide bonds. The fourth-order valence-corrected chi connectivity index (χ4v) is 2.46. The quantitative estimate of drug-likeness (QED) is 0.801. The summed E-state index contributed by atoms with van der Waals surface area (Å²) >= 11 is 17.8. The van der Waals surface area contributed by atoms with E-state index >= 15 is 0 Å². The summed E-state index contributed by atoms with van der Waals surface area (Å²) in [7, 11) is 0. The largest absolute Gasteiger partial charge is 0.469 e. The van der Waals surface area contributed by atoms with E-state index in [4.69, 9.17) is 39.2 Å². The summed E-state index contributed by atoms with van der Waals surface area (Å²) in [5.74, 6) is 0.547. The van der Waals surface area contributed by atoms with E-state index in [9.17, 15) is 4.79 Å². The fourth-order valence-electron chi connectivity index (χ4n) is 1.55. The number of rotatable bonds is 5. The van der Waals surface area contributed by atoms with E-state index in [-0.39, 0.29) is 12.3 Å². The van der Waals surface area contributed by atoms with Crippen molar-refractivity contribution in [2.45, 2.75) is 12.8 Å². The first kappa shape index (κ1) is 15.0. The molecular weight excluding hydrogens is 323 g/mol. The van der Waals surface area contributed by atoms with Gasteiger partial charge in [-0.3, -0.25) is 15.6 Å². The number of anilines is 1. The molecule has 106 valence electrons. The van der Waals surface area contributed by atoms with Gasteiger partial charge in [0.05, 0.1) is 22.0 Å².